The van der Waals surface area contributed by atoms with Crippen LogP contribution in [0.25, 0.3) is 0 Å². The molecule has 2 heterocycles. The molecule has 4 N–H and O–H groups in total. The van der Waals surface area contributed by atoms with Gasteiger partial charge in [-0.05, 0) is 12.8 Å². The third-order valence-corrected chi connectivity index (χ3v) is 4.68. The highest BCUT2D eigenvalue weighted by Gasteiger charge is 2.60. The number of carbonyl (C=O) groups excluding carboxylic acids is 6. The van der Waals surface area contributed by atoms with Crippen LogP contribution in [-0.2, 0) is 19.2 Å². The van der Waals surface area contributed by atoms with Gasteiger partial charge in [0, 0.05) is 5.41 Å². The lowest BCUT2D eigenvalue weighted by molar-refractivity contribution is -0.151. The predicted molar refractivity (Wildman–Crippen MR) is 71.2 cm³/mol. The Morgan fingerprint density at radius 1 is 0.609 bits per heavy atom. The van der Waals surface area contributed by atoms with E-state index in [9.17, 15) is 28.8 Å². The third kappa shape index (κ3) is 2.26. The molecule has 2 saturated heterocycles. The summed E-state index contributed by atoms with van der Waals surface area (Å²) in [4.78, 5) is 71.3. The smallest absolute Gasteiger partial charge is 0.277 e. The average molecular weight is 322 g/mol. The van der Waals surface area contributed by atoms with Gasteiger partial charge in [-0.1, -0.05) is 12.8 Å². The van der Waals surface area contributed by atoms with Crippen LogP contribution in [0.1, 0.15) is 25.7 Å². The molecule has 3 fully saturated rings. The van der Waals surface area contributed by atoms with E-state index in [0.717, 1.165) is 0 Å². The minimum absolute atomic E-state index is 0.284. The van der Waals surface area contributed by atoms with E-state index in [2.05, 4.69) is 0 Å². The maximum absolute atomic E-state index is 12.2. The number of rotatable bonds is 2. The first kappa shape index (κ1) is 15.1. The van der Waals surface area contributed by atoms with Gasteiger partial charge in [0.15, 0.2) is 0 Å². The zero-order valence-electron chi connectivity index (χ0n) is 11.9. The molecule has 0 spiro atoms. The minimum Gasteiger partial charge on any atom is -0.277 e. The van der Waals surface area contributed by atoms with Crippen molar-refractivity contribution >= 4 is 35.7 Å². The van der Waals surface area contributed by atoms with Crippen molar-refractivity contribution in [1.29, 1.82) is 0 Å². The van der Waals surface area contributed by atoms with Crippen molar-refractivity contribution < 1.29 is 28.8 Å². The maximum Gasteiger partial charge on any atom is 0.328 e. The van der Waals surface area contributed by atoms with Crippen molar-refractivity contribution in [2.75, 3.05) is 0 Å². The van der Waals surface area contributed by atoms with E-state index >= 15 is 0 Å². The van der Waals surface area contributed by atoms with E-state index < -0.39 is 52.9 Å². The van der Waals surface area contributed by atoms with Crippen molar-refractivity contribution in [2.45, 2.75) is 25.7 Å². The number of nitrogens with one attached hydrogen (secondary N) is 4. The Hall–Kier alpha value is -2.78. The second kappa shape index (κ2) is 5.14. The molecule has 8 amide bonds. The number of barbiturate groups is 2. The molecule has 0 unspecified atom stereocenters. The molecule has 0 aromatic rings. The molecule has 0 bridgehead atoms. The second-order valence-electron chi connectivity index (χ2n) is 5.92. The van der Waals surface area contributed by atoms with Gasteiger partial charge in [-0.25, -0.2) is 9.59 Å². The maximum atomic E-state index is 12.2. The van der Waals surface area contributed by atoms with Crippen molar-refractivity contribution in [3.8, 4) is 0 Å². The van der Waals surface area contributed by atoms with Gasteiger partial charge < -0.3 is 0 Å². The Balaban J connectivity index is 2.03. The summed E-state index contributed by atoms with van der Waals surface area (Å²) in [6.45, 7) is 0. The van der Waals surface area contributed by atoms with Crippen LogP contribution in [0.15, 0.2) is 0 Å². The normalized spacial score (nSPS) is 25.7. The molecule has 1 saturated carbocycles. The number of hydrogen-bond donors (Lipinski definition) is 4. The van der Waals surface area contributed by atoms with E-state index in [1.54, 1.807) is 0 Å². The molecule has 23 heavy (non-hydrogen) atoms. The van der Waals surface area contributed by atoms with Crippen LogP contribution in [0.5, 0.6) is 0 Å². The lowest BCUT2D eigenvalue weighted by Gasteiger charge is -2.42. The summed E-state index contributed by atoms with van der Waals surface area (Å²) >= 11 is 0. The van der Waals surface area contributed by atoms with Crippen molar-refractivity contribution in [3.05, 3.63) is 0 Å². The Kier molecular flexibility index (Phi) is 3.38. The molecule has 122 valence electrons. The molecule has 0 radical (unpaired) electrons. The molecule has 0 aromatic carbocycles. The van der Waals surface area contributed by atoms with Crippen LogP contribution in [0, 0.1) is 17.3 Å². The molecule has 10 nitrogen and oxygen atoms in total. The number of carbonyl (C=O) groups is 6. The standard InChI is InChI=1S/C13H14N4O6/c18-7-5(8(19)15-11(22)14-7)13(3-1-2-4-13)6-9(20)16-12(23)17-10(6)21/h5-6H,1-4H2,(H2,14,15,18,19,22)(H2,16,17,20,21,23). The third-order valence-electron chi connectivity index (χ3n) is 4.68. The first-order valence-corrected chi connectivity index (χ1v) is 7.16. The number of amides is 8. The van der Waals surface area contributed by atoms with Gasteiger partial charge in [-0.2, -0.15) is 0 Å². The van der Waals surface area contributed by atoms with Gasteiger partial charge in [0.2, 0.25) is 23.6 Å². The lowest BCUT2D eigenvalue weighted by Crippen LogP contribution is -2.67. The molecule has 2 aliphatic heterocycles. The first-order chi connectivity index (χ1) is 10.8. The molecule has 0 aromatic heterocycles. The van der Waals surface area contributed by atoms with E-state index in [0.29, 0.717) is 12.8 Å². The van der Waals surface area contributed by atoms with E-state index in [1.165, 1.54) is 0 Å². The summed E-state index contributed by atoms with van der Waals surface area (Å²) in [5.41, 5.74) is -1.26. The Morgan fingerprint density at radius 2 is 0.913 bits per heavy atom. The molecular formula is C13H14N4O6. The first-order valence-electron chi connectivity index (χ1n) is 7.16. The predicted octanol–water partition coefficient (Wildman–Crippen LogP) is -1.49. The SMILES string of the molecule is O=C1NC(=O)C(C2(C3C(=O)NC(=O)NC3=O)CCCC2)C(=O)N1. The summed E-state index contributed by atoms with van der Waals surface area (Å²) in [6, 6.07) is -1.87. The zero-order valence-corrected chi connectivity index (χ0v) is 11.9. The fourth-order valence-corrected chi connectivity index (χ4v) is 3.86. The van der Waals surface area contributed by atoms with Crippen molar-refractivity contribution in [2.24, 2.45) is 17.3 Å². The average Bonchev–Trinajstić information content (AvgIpc) is 2.85. The second-order valence-corrected chi connectivity index (χ2v) is 5.92. The molecule has 3 rings (SSSR count). The highest BCUT2D eigenvalue weighted by molar-refractivity contribution is 6.20. The fourth-order valence-electron chi connectivity index (χ4n) is 3.86. The van der Waals surface area contributed by atoms with Gasteiger partial charge in [-0.3, -0.25) is 40.4 Å². The number of imide groups is 4. The monoisotopic (exact) mass is 322 g/mol. The van der Waals surface area contributed by atoms with E-state index in [4.69, 9.17) is 0 Å². The Labute approximate surface area is 129 Å². The van der Waals surface area contributed by atoms with Gasteiger partial charge in [0.05, 0.1) is 0 Å². The molecular weight excluding hydrogens is 308 g/mol. The Morgan fingerprint density at radius 3 is 1.22 bits per heavy atom. The largest absolute Gasteiger partial charge is 0.328 e. The lowest BCUT2D eigenvalue weighted by atomic mass is 9.63. The van der Waals surface area contributed by atoms with Gasteiger partial charge in [-0.15, -0.1) is 0 Å². The van der Waals surface area contributed by atoms with Crippen LogP contribution in [-0.4, -0.2) is 35.7 Å². The quantitative estimate of drug-likeness (QED) is 0.455. The van der Waals surface area contributed by atoms with Gasteiger partial charge >= 0.3 is 12.1 Å². The van der Waals surface area contributed by atoms with E-state index in [1.807, 2.05) is 21.3 Å². The fraction of sp³-hybridized carbons (Fsp3) is 0.538. The molecule has 1 aliphatic carbocycles. The zero-order chi connectivity index (χ0) is 16.8. The van der Waals surface area contributed by atoms with Crippen LogP contribution in [0.2, 0.25) is 0 Å². The van der Waals surface area contributed by atoms with Crippen molar-refractivity contribution in [1.82, 2.24) is 21.3 Å². The topological polar surface area (TPSA) is 151 Å². The molecule has 0 atom stereocenters. The van der Waals surface area contributed by atoms with Gasteiger partial charge in [0.25, 0.3) is 0 Å². The van der Waals surface area contributed by atoms with Crippen LogP contribution >= 0.6 is 0 Å². The van der Waals surface area contributed by atoms with Crippen molar-refractivity contribution in [3.63, 3.8) is 0 Å². The van der Waals surface area contributed by atoms with Crippen LogP contribution < -0.4 is 21.3 Å². The van der Waals surface area contributed by atoms with Crippen LogP contribution in [0.3, 0.4) is 0 Å². The highest BCUT2D eigenvalue weighted by Crippen LogP contribution is 2.51. The van der Waals surface area contributed by atoms with E-state index in [-0.39, 0.29) is 12.8 Å². The summed E-state index contributed by atoms with van der Waals surface area (Å²) in [6.07, 6.45) is 1.81. The highest BCUT2D eigenvalue weighted by atomic mass is 16.2. The summed E-state index contributed by atoms with van der Waals surface area (Å²) in [5.74, 6) is -6.04. The minimum atomic E-state index is -1.35. The number of hydrogen-bond acceptors (Lipinski definition) is 6. The number of urea groups is 2. The Bertz CT molecular complexity index is 561. The molecule has 3 aliphatic rings. The summed E-state index contributed by atoms with van der Waals surface area (Å²) < 4.78 is 0. The molecule has 10 heteroatoms. The van der Waals surface area contributed by atoms with Gasteiger partial charge in [0.1, 0.15) is 11.8 Å². The van der Waals surface area contributed by atoms with Crippen LogP contribution in [0.4, 0.5) is 9.59 Å². The summed E-state index contributed by atoms with van der Waals surface area (Å²) in [5, 5.41) is 8.00. The summed E-state index contributed by atoms with van der Waals surface area (Å²) in [7, 11) is 0.